The molecule has 2 aromatic carbocycles. The van der Waals surface area contributed by atoms with Gasteiger partial charge < -0.3 is 23.9 Å². The zero-order valence-corrected chi connectivity index (χ0v) is 15.4. The van der Waals surface area contributed by atoms with Gasteiger partial charge in [-0.2, -0.15) is 0 Å². The molecule has 0 spiro atoms. The van der Waals surface area contributed by atoms with Crippen molar-refractivity contribution in [1.29, 1.82) is 0 Å². The summed E-state index contributed by atoms with van der Waals surface area (Å²) >= 11 is 0. The van der Waals surface area contributed by atoms with Crippen LogP contribution in [0.4, 0.5) is 5.69 Å². The van der Waals surface area contributed by atoms with E-state index in [4.69, 9.17) is 18.6 Å². The molecule has 0 saturated heterocycles. The van der Waals surface area contributed by atoms with Crippen LogP contribution < -0.4 is 20.4 Å². The molecular formula is C20H17NO7. The standard InChI is InChI=1S/C20H17NO7/c1-25-16-9-12(19(23)27-3)14(10-17(16)26-2)21-18(22)13-8-11-6-4-5-7-15(11)28-20(13)24/h4-10H,1-3H3,(H,21,22). The van der Waals surface area contributed by atoms with Crippen LogP contribution in [0.5, 0.6) is 11.5 Å². The summed E-state index contributed by atoms with van der Waals surface area (Å²) in [5.41, 5.74) is -0.494. The number of hydrogen-bond donors (Lipinski definition) is 1. The first-order valence-electron chi connectivity index (χ1n) is 8.17. The molecule has 0 fully saturated rings. The van der Waals surface area contributed by atoms with Gasteiger partial charge in [0.2, 0.25) is 0 Å². The van der Waals surface area contributed by atoms with Crippen molar-refractivity contribution in [1.82, 2.24) is 0 Å². The van der Waals surface area contributed by atoms with Gasteiger partial charge in [0.15, 0.2) is 11.5 Å². The number of nitrogens with one attached hydrogen (secondary N) is 1. The van der Waals surface area contributed by atoms with E-state index in [0.717, 1.165) is 0 Å². The summed E-state index contributed by atoms with van der Waals surface area (Å²) in [7, 11) is 4.04. The van der Waals surface area contributed by atoms with Crippen molar-refractivity contribution in [3.8, 4) is 11.5 Å². The molecule has 144 valence electrons. The van der Waals surface area contributed by atoms with Crippen molar-refractivity contribution in [2.45, 2.75) is 0 Å². The Bertz CT molecular complexity index is 1120. The molecule has 0 radical (unpaired) electrons. The third-order valence-electron chi connectivity index (χ3n) is 4.06. The summed E-state index contributed by atoms with van der Waals surface area (Å²) < 4.78 is 20.3. The third kappa shape index (κ3) is 3.52. The first kappa shape index (κ1) is 19.0. The maximum absolute atomic E-state index is 12.7. The molecule has 1 heterocycles. The molecule has 28 heavy (non-hydrogen) atoms. The minimum atomic E-state index is -0.795. The minimum absolute atomic E-state index is 0.0404. The second-order valence-electron chi connectivity index (χ2n) is 5.68. The summed E-state index contributed by atoms with van der Waals surface area (Å²) in [5, 5.41) is 3.13. The van der Waals surface area contributed by atoms with Gasteiger partial charge in [-0.3, -0.25) is 4.79 Å². The number of esters is 1. The van der Waals surface area contributed by atoms with Crippen LogP contribution in [0.25, 0.3) is 11.0 Å². The van der Waals surface area contributed by atoms with Crippen molar-refractivity contribution < 1.29 is 28.2 Å². The molecule has 0 saturated carbocycles. The molecule has 0 unspecified atom stereocenters. The van der Waals surface area contributed by atoms with Gasteiger partial charge in [0.05, 0.1) is 32.6 Å². The van der Waals surface area contributed by atoms with Gasteiger partial charge in [-0.05, 0) is 12.1 Å². The summed E-state index contributed by atoms with van der Waals surface area (Å²) in [6.45, 7) is 0. The van der Waals surface area contributed by atoms with Crippen molar-refractivity contribution in [2.24, 2.45) is 0 Å². The first-order valence-corrected chi connectivity index (χ1v) is 8.17. The predicted molar refractivity (Wildman–Crippen MR) is 101 cm³/mol. The Morgan fingerprint density at radius 2 is 1.61 bits per heavy atom. The van der Waals surface area contributed by atoms with E-state index in [9.17, 15) is 14.4 Å². The molecule has 0 bridgehead atoms. The second kappa shape index (κ2) is 7.83. The van der Waals surface area contributed by atoms with E-state index in [2.05, 4.69) is 5.32 Å². The molecule has 8 heteroatoms. The van der Waals surface area contributed by atoms with Crippen LogP contribution >= 0.6 is 0 Å². The minimum Gasteiger partial charge on any atom is -0.493 e. The smallest absolute Gasteiger partial charge is 0.349 e. The van der Waals surface area contributed by atoms with Crippen molar-refractivity contribution >= 4 is 28.5 Å². The highest BCUT2D eigenvalue weighted by Crippen LogP contribution is 2.34. The van der Waals surface area contributed by atoms with Crippen LogP contribution in [-0.4, -0.2) is 33.2 Å². The molecule has 0 atom stereocenters. The zero-order chi connectivity index (χ0) is 20.3. The topological polar surface area (TPSA) is 104 Å². The molecule has 0 aliphatic carbocycles. The fourth-order valence-electron chi connectivity index (χ4n) is 2.67. The van der Waals surface area contributed by atoms with Crippen LogP contribution in [0.3, 0.4) is 0 Å². The highest BCUT2D eigenvalue weighted by atomic mass is 16.5. The monoisotopic (exact) mass is 383 g/mol. The van der Waals surface area contributed by atoms with Gasteiger partial charge >= 0.3 is 11.6 Å². The van der Waals surface area contributed by atoms with Gasteiger partial charge in [-0.15, -0.1) is 0 Å². The largest absolute Gasteiger partial charge is 0.493 e. The van der Waals surface area contributed by atoms with Crippen LogP contribution in [0.15, 0.2) is 51.7 Å². The number of amides is 1. The normalized spacial score (nSPS) is 10.4. The Balaban J connectivity index is 2.05. The summed E-state index contributed by atoms with van der Waals surface area (Å²) in [6.07, 6.45) is 0. The van der Waals surface area contributed by atoms with Crippen LogP contribution in [-0.2, 0) is 4.74 Å². The Morgan fingerprint density at radius 1 is 0.929 bits per heavy atom. The van der Waals surface area contributed by atoms with Gasteiger partial charge in [-0.1, -0.05) is 18.2 Å². The number of fused-ring (bicyclic) bond motifs is 1. The second-order valence-corrected chi connectivity index (χ2v) is 5.68. The lowest BCUT2D eigenvalue weighted by Crippen LogP contribution is -2.22. The number of carbonyl (C=O) groups excluding carboxylic acids is 2. The van der Waals surface area contributed by atoms with Crippen molar-refractivity contribution in [2.75, 3.05) is 26.6 Å². The Morgan fingerprint density at radius 3 is 2.29 bits per heavy atom. The average molecular weight is 383 g/mol. The molecule has 3 rings (SSSR count). The lowest BCUT2D eigenvalue weighted by Gasteiger charge is -2.14. The molecule has 0 aliphatic heterocycles. The van der Waals surface area contributed by atoms with E-state index in [1.165, 1.54) is 39.5 Å². The molecule has 1 aromatic heterocycles. The number of benzene rings is 2. The van der Waals surface area contributed by atoms with Crippen LogP contribution in [0.2, 0.25) is 0 Å². The van der Waals surface area contributed by atoms with Gasteiger partial charge in [0.1, 0.15) is 11.1 Å². The summed E-state index contributed by atoms with van der Waals surface area (Å²) in [4.78, 5) is 37.0. The molecule has 0 aliphatic rings. The molecule has 1 amide bonds. The fourth-order valence-corrected chi connectivity index (χ4v) is 2.67. The van der Waals surface area contributed by atoms with E-state index in [1.54, 1.807) is 24.3 Å². The Labute approximate surface area is 159 Å². The highest BCUT2D eigenvalue weighted by Gasteiger charge is 2.21. The van der Waals surface area contributed by atoms with Crippen LogP contribution in [0.1, 0.15) is 20.7 Å². The zero-order valence-electron chi connectivity index (χ0n) is 15.4. The van der Waals surface area contributed by atoms with E-state index < -0.39 is 17.5 Å². The third-order valence-corrected chi connectivity index (χ3v) is 4.06. The van der Waals surface area contributed by atoms with E-state index in [0.29, 0.717) is 11.0 Å². The Hall–Kier alpha value is -3.81. The molecule has 8 nitrogen and oxygen atoms in total. The number of ether oxygens (including phenoxy) is 3. The molecule has 3 aromatic rings. The SMILES string of the molecule is COC(=O)c1cc(OC)c(OC)cc1NC(=O)c1cc2ccccc2oc1=O. The maximum Gasteiger partial charge on any atom is 0.349 e. The van der Waals surface area contributed by atoms with E-state index in [1.807, 2.05) is 0 Å². The van der Waals surface area contributed by atoms with Crippen molar-refractivity contribution in [3.05, 3.63) is 64.0 Å². The number of anilines is 1. The lowest BCUT2D eigenvalue weighted by atomic mass is 10.1. The summed E-state index contributed by atoms with van der Waals surface area (Å²) in [5.74, 6) is -0.860. The fraction of sp³-hybridized carbons (Fsp3) is 0.150. The predicted octanol–water partition coefficient (Wildman–Crippen LogP) is 2.85. The maximum atomic E-state index is 12.7. The number of methoxy groups -OCH3 is 3. The number of para-hydroxylation sites is 1. The molecular weight excluding hydrogens is 366 g/mol. The Kier molecular flexibility index (Phi) is 5.30. The highest BCUT2D eigenvalue weighted by molar-refractivity contribution is 6.09. The van der Waals surface area contributed by atoms with Crippen LogP contribution in [0, 0.1) is 0 Å². The first-order chi connectivity index (χ1) is 13.5. The number of rotatable bonds is 5. The quantitative estimate of drug-likeness (QED) is 0.534. The number of carbonyl (C=O) groups is 2. The number of hydrogen-bond acceptors (Lipinski definition) is 7. The van der Waals surface area contributed by atoms with Gasteiger partial charge in [0.25, 0.3) is 5.91 Å². The lowest BCUT2D eigenvalue weighted by molar-refractivity contribution is 0.0601. The average Bonchev–Trinajstić information content (AvgIpc) is 2.72. The summed E-state index contributed by atoms with van der Waals surface area (Å²) in [6, 6.07) is 11.0. The van der Waals surface area contributed by atoms with Crippen molar-refractivity contribution in [3.63, 3.8) is 0 Å². The van der Waals surface area contributed by atoms with E-state index in [-0.39, 0.29) is 28.3 Å². The molecule has 1 N–H and O–H groups in total. The van der Waals surface area contributed by atoms with E-state index >= 15 is 0 Å². The van der Waals surface area contributed by atoms with Gasteiger partial charge in [-0.25, -0.2) is 9.59 Å². The van der Waals surface area contributed by atoms with Gasteiger partial charge in [0, 0.05) is 17.5 Å².